The predicted molar refractivity (Wildman–Crippen MR) is 202 cm³/mol. The van der Waals surface area contributed by atoms with Crippen molar-refractivity contribution >= 4 is 45.9 Å². The van der Waals surface area contributed by atoms with E-state index in [2.05, 4.69) is 20.4 Å². The Kier molecular flexibility index (Phi) is 9.56. The van der Waals surface area contributed by atoms with E-state index < -0.39 is 29.7 Å². The highest BCUT2D eigenvalue weighted by Crippen LogP contribution is 2.35. The minimum atomic E-state index is -4.44. The number of hydrogen-bond donors (Lipinski definition) is 2. The van der Waals surface area contributed by atoms with E-state index in [4.69, 9.17) is 9.72 Å². The highest BCUT2D eigenvalue weighted by Gasteiger charge is 2.39. The number of alkyl halides is 3. The van der Waals surface area contributed by atoms with Crippen molar-refractivity contribution in [1.29, 1.82) is 0 Å². The highest BCUT2D eigenvalue weighted by atomic mass is 19.4. The molecule has 4 aromatic carbocycles. The molecule has 2 N–H and O–H groups in total. The van der Waals surface area contributed by atoms with Crippen LogP contribution in [0.5, 0.6) is 11.5 Å². The number of aromatic nitrogens is 1. The normalized spacial score (nSPS) is 17.8. The molecule has 0 aliphatic carbocycles. The number of piperazine rings is 1. The van der Waals surface area contributed by atoms with Crippen LogP contribution in [0, 0.1) is 0 Å². The molecular weight excluding hydrogens is 725 g/mol. The topological polar surface area (TPSA) is 124 Å². The van der Waals surface area contributed by atoms with Crippen LogP contribution in [0.25, 0.3) is 10.8 Å². The van der Waals surface area contributed by atoms with Crippen molar-refractivity contribution in [3.05, 3.63) is 125 Å². The zero-order valence-electron chi connectivity index (χ0n) is 30.3. The van der Waals surface area contributed by atoms with Gasteiger partial charge in [-0.25, -0.2) is 4.98 Å². The molecule has 0 saturated carbocycles. The number of ether oxygens (including phenoxy) is 1. The number of hydrogen-bond acceptors (Lipinski definition) is 8. The Labute approximate surface area is 320 Å². The lowest BCUT2D eigenvalue weighted by Gasteiger charge is -2.37. The van der Waals surface area contributed by atoms with E-state index in [0.717, 1.165) is 47.7 Å². The fourth-order valence-corrected chi connectivity index (χ4v) is 7.49. The van der Waals surface area contributed by atoms with Crippen molar-refractivity contribution < 1.29 is 37.1 Å². The first-order valence-corrected chi connectivity index (χ1v) is 18.3. The molecule has 14 heteroatoms. The van der Waals surface area contributed by atoms with Crippen LogP contribution >= 0.6 is 0 Å². The van der Waals surface area contributed by atoms with Crippen LogP contribution in [0.15, 0.2) is 97.1 Å². The summed E-state index contributed by atoms with van der Waals surface area (Å²) in [5.41, 5.74) is 2.82. The van der Waals surface area contributed by atoms with Gasteiger partial charge in [-0.05, 0) is 103 Å². The summed E-state index contributed by atoms with van der Waals surface area (Å²) in [4.78, 5) is 61.5. The minimum absolute atomic E-state index is 0.194. The van der Waals surface area contributed by atoms with Crippen molar-refractivity contribution in [3.63, 3.8) is 0 Å². The number of carbonyl (C=O) groups excluding carboxylic acids is 4. The van der Waals surface area contributed by atoms with E-state index in [1.165, 1.54) is 12.1 Å². The average molecular weight is 763 g/mol. The number of halogens is 3. The van der Waals surface area contributed by atoms with E-state index in [9.17, 15) is 32.3 Å². The molecule has 4 amide bonds. The number of rotatable bonds is 8. The van der Waals surface area contributed by atoms with Crippen molar-refractivity contribution in [2.24, 2.45) is 0 Å². The molecule has 1 aromatic heterocycles. The number of pyridine rings is 1. The van der Waals surface area contributed by atoms with E-state index in [1.54, 1.807) is 35.2 Å². The zero-order valence-corrected chi connectivity index (χ0v) is 30.3. The van der Waals surface area contributed by atoms with Crippen molar-refractivity contribution in [2.45, 2.75) is 44.6 Å². The summed E-state index contributed by atoms with van der Waals surface area (Å²) in [5.74, 6) is 0.292. The molecule has 2 saturated heterocycles. The molecule has 286 valence electrons. The molecular formula is C42H37F3N6O5. The van der Waals surface area contributed by atoms with Gasteiger partial charge in [-0.1, -0.05) is 18.2 Å². The summed E-state index contributed by atoms with van der Waals surface area (Å²) < 4.78 is 44.9. The second-order valence-electron chi connectivity index (χ2n) is 14.1. The van der Waals surface area contributed by atoms with Gasteiger partial charge >= 0.3 is 6.18 Å². The van der Waals surface area contributed by atoms with Crippen molar-refractivity contribution in [2.75, 3.05) is 36.0 Å². The summed E-state index contributed by atoms with van der Waals surface area (Å²) >= 11 is 0. The lowest BCUT2D eigenvalue weighted by Crippen LogP contribution is -2.52. The van der Waals surface area contributed by atoms with E-state index in [1.807, 2.05) is 49.4 Å². The van der Waals surface area contributed by atoms with Crippen LogP contribution in [-0.4, -0.2) is 65.7 Å². The molecule has 0 spiro atoms. The third-order valence-corrected chi connectivity index (χ3v) is 10.5. The monoisotopic (exact) mass is 762 g/mol. The first-order valence-electron chi connectivity index (χ1n) is 18.3. The molecule has 2 fully saturated rings. The summed E-state index contributed by atoms with van der Waals surface area (Å²) in [6.45, 7) is 5.06. The van der Waals surface area contributed by atoms with Gasteiger partial charge in [-0.3, -0.25) is 24.5 Å². The highest BCUT2D eigenvalue weighted by molar-refractivity contribution is 6.05. The molecule has 0 radical (unpaired) electrons. The van der Waals surface area contributed by atoms with Gasteiger partial charge in [0, 0.05) is 61.3 Å². The number of nitrogens with one attached hydrogen (secondary N) is 2. The molecule has 56 heavy (non-hydrogen) atoms. The Morgan fingerprint density at radius 1 is 0.893 bits per heavy atom. The Hall–Kier alpha value is -6.44. The molecule has 3 aliphatic rings. The second kappa shape index (κ2) is 14.7. The van der Waals surface area contributed by atoms with Gasteiger partial charge in [-0.2, -0.15) is 13.2 Å². The number of anilines is 2. The largest absolute Gasteiger partial charge is 0.457 e. The first kappa shape index (κ1) is 36.5. The van der Waals surface area contributed by atoms with Gasteiger partial charge in [0.25, 0.3) is 11.8 Å². The number of benzene rings is 4. The van der Waals surface area contributed by atoms with E-state index in [-0.39, 0.29) is 29.9 Å². The van der Waals surface area contributed by atoms with Gasteiger partial charge < -0.3 is 24.8 Å². The average Bonchev–Trinajstić information content (AvgIpc) is 3.52. The van der Waals surface area contributed by atoms with Crippen LogP contribution in [-0.2, 0) is 22.3 Å². The lowest BCUT2D eigenvalue weighted by atomic mass is 10.0. The fourth-order valence-electron chi connectivity index (χ4n) is 7.49. The summed E-state index contributed by atoms with van der Waals surface area (Å²) in [7, 11) is 0. The first-order chi connectivity index (χ1) is 26.9. The third-order valence-electron chi connectivity index (χ3n) is 10.5. The number of nitrogens with zero attached hydrogens (tertiary/aromatic N) is 4. The maximum Gasteiger partial charge on any atom is 0.416 e. The zero-order chi connectivity index (χ0) is 39.1. The molecule has 2 atom stereocenters. The second-order valence-corrected chi connectivity index (χ2v) is 14.1. The van der Waals surface area contributed by atoms with Crippen LogP contribution < -0.4 is 25.2 Å². The minimum Gasteiger partial charge on any atom is -0.457 e. The smallest absolute Gasteiger partial charge is 0.416 e. The maximum absolute atomic E-state index is 13.4. The number of carbonyl (C=O) groups is 4. The van der Waals surface area contributed by atoms with Gasteiger partial charge in [-0.15, -0.1) is 0 Å². The molecule has 4 heterocycles. The number of fused-ring (bicyclic) bond motifs is 2. The summed E-state index contributed by atoms with van der Waals surface area (Å²) in [6.07, 6.45) is -3.90. The molecule has 11 nitrogen and oxygen atoms in total. The molecule has 1 unspecified atom stereocenters. The van der Waals surface area contributed by atoms with Crippen molar-refractivity contribution in [3.8, 4) is 11.5 Å². The summed E-state index contributed by atoms with van der Waals surface area (Å²) in [5, 5.41) is 6.82. The van der Waals surface area contributed by atoms with Crippen LogP contribution in [0.4, 0.5) is 24.7 Å². The molecule has 3 aliphatic heterocycles. The maximum atomic E-state index is 13.4. The molecule has 5 aromatic rings. The van der Waals surface area contributed by atoms with Gasteiger partial charge in [0.2, 0.25) is 11.8 Å². The lowest BCUT2D eigenvalue weighted by molar-refractivity contribution is -0.138. The van der Waals surface area contributed by atoms with Crippen LogP contribution in [0.2, 0.25) is 0 Å². The van der Waals surface area contributed by atoms with Crippen LogP contribution in [0.1, 0.15) is 63.3 Å². The Morgan fingerprint density at radius 2 is 1.64 bits per heavy atom. The van der Waals surface area contributed by atoms with E-state index in [0.29, 0.717) is 54.0 Å². The SMILES string of the molecule is C[C@H](NC(=O)c1ccc2c(Oc3ccc(C(F)(F)F)cc3)cccc2c1)c1cccc(N2CCN(c3ccc4c(c3)CN(C3CCC(=O)NC3=O)C4=O)CC2)n1. The Bertz CT molecular complexity index is 2360. The number of piperidine rings is 1. The Balaban J connectivity index is 0.878. The molecule has 8 rings (SSSR count). The quantitative estimate of drug-likeness (QED) is 0.169. The van der Waals surface area contributed by atoms with E-state index >= 15 is 0 Å². The predicted octanol–water partition coefficient (Wildman–Crippen LogP) is 6.62. The third kappa shape index (κ3) is 7.33. The number of amides is 4. The Morgan fingerprint density at radius 3 is 2.39 bits per heavy atom. The standard InChI is InChI=1S/C42H37F3N6O5/c1-25(46-39(53)27-8-14-32-26(22-27)4-2-6-36(32)56-31-12-9-29(10-13-31)42(43,44)45)34-5-3-7-37(47-34)50-20-18-49(19-21-50)30-11-15-33-28(23-30)24-51(41(33)55)35-16-17-38(52)48-40(35)54/h2-15,22-23,25,35H,16-21,24H2,1H3,(H,46,53)(H,48,52,54)/t25-,35?/m0/s1. The number of imide groups is 1. The van der Waals surface area contributed by atoms with Crippen LogP contribution in [0.3, 0.4) is 0 Å². The fraction of sp³-hybridized carbons (Fsp3) is 0.262. The molecule has 0 bridgehead atoms. The van der Waals surface area contributed by atoms with Crippen molar-refractivity contribution in [1.82, 2.24) is 20.5 Å². The van der Waals surface area contributed by atoms with Gasteiger partial charge in [0.1, 0.15) is 23.4 Å². The summed E-state index contributed by atoms with van der Waals surface area (Å²) in [6, 6.07) is 25.5. The van der Waals surface area contributed by atoms with Gasteiger partial charge in [0.15, 0.2) is 0 Å². The van der Waals surface area contributed by atoms with Gasteiger partial charge in [0.05, 0.1) is 17.3 Å².